The molecule has 8 rings (SSSR count). The van der Waals surface area contributed by atoms with Crippen molar-refractivity contribution in [2.45, 2.75) is 31.0 Å². The Kier molecular flexibility index (Phi) is 6.52. The maximum absolute atomic E-state index is 12.6. The number of methoxy groups -OCH3 is 1. The average Bonchev–Trinajstić information content (AvgIpc) is 3.38. The fourth-order valence-electron chi connectivity index (χ4n) is 7.68. The summed E-state index contributed by atoms with van der Waals surface area (Å²) in [5.41, 5.74) is 6.66. The van der Waals surface area contributed by atoms with Crippen molar-refractivity contribution in [1.29, 1.82) is 0 Å². The van der Waals surface area contributed by atoms with Crippen molar-refractivity contribution in [2.75, 3.05) is 38.3 Å². The summed E-state index contributed by atoms with van der Waals surface area (Å²) in [5, 5.41) is 14.6. The van der Waals surface area contributed by atoms with Crippen molar-refractivity contribution in [3.8, 4) is 11.5 Å². The number of ether oxygens (including phenoxy) is 3. The molecule has 4 aromatic rings. The summed E-state index contributed by atoms with van der Waals surface area (Å²) in [6.07, 6.45) is 10.4. The van der Waals surface area contributed by atoms with Gasteiger partial charge in [0.2, 0.25) is 0 Å². The lowest BCUT2D eigenvalue weighted by Gasteiger charge is -2.39. The van der Waals surface area contributed by atoms with Crippen molar-refractivity contribution in [3.63, 3.8) is 0 Å². The third kappa shape index (κ3) is 4.07. The van der Waals surface area contributed by atoms with Crippen LogP contribution in [0.4, 0.5) is 5.69 Å². The first kappa shape index (κ1) is 27.9. The summed E-state index contributed by atoms with van der Waals surface area (Å²) in [6.45, 7) is 9.47. The van der Waals surface area contributed by atoms with Crippen LogP contribution in [0.1, 0.15) is 47.6 Å². The summed E-state index contributed by atoms with van der Waals surface area (Å²) in [7, 11) is 1.69. The van der Waals surface area contributed by atoms with E-state index < -0.39 is 11.2 Å². The SMILES string of the molecule is C=C(C)C1(O)C2=C(CCC=C2)c2c1c1c(c3cc(OC)ccc23)OC(c2ccccc2)(c2ccc(N3CCOCC3)cc2)C=C1. The third-order valence-corrected chi connectivity index (χ3v) is 9.97. The maximum Gasteiger partial charge on any atom is 0.178 e. The second kappa shape index (κ2) is 10.5. The Morgan fingerprint density at radius 3 is 2.42 bits per heavy atom. The molecule has 4 aromatic carbocycles. The van der Waals surface area contributed by atoms with Gasteiger partial charge in [0.15, 0.2) is 5.60 Å². The van der Waals surface area contributed by atoms with Gasteiger partial charge in [-0.3, -0.25) is 0 Å². The van der Waals surface area contributed by atoms with E-state index in [1.54, 1.807) is 7.11 Å². The van der Waals surface area contributed by atoms with E-state index in [1.807, 2.05) is 19.1 Å². The van der Waals surface area contributed by atoms with Crippen molar-refractivity contribution in [1.82, 2.24) is 0 Å². The number of aliphatic hydroxyl groups is 1. The second-order valence-electron chi connectivity index (χ2n) is 12.4. The molecule has 1 fully saturated rings. The molecule has 0 aromatic heterocycles. The molecule has 5 heteroatoms. The second-order valence-corrected chi connectivity index (χ2v) is 12.4. The van der Waals surface area contributed by atoms with Crippen LogP contribution in [-0.2, 0) is 15.9 Å². The zero-order chi connectivity index (χ0) is 30.8. The molecule has 0 spiro atoms. The number of nitrogens with zero attached hydrogens (tertiary/aromatic N) is 1. The van der Waals surface area contributed by atoms with Crippen LogP contribution < -0.4 is 14.4 Å². The van der Waals surface area contributed by atoms with E-state index in [4.69, 9.17) is 14.2 Å². The maximum atomic E-state index is 12.6. The minimum atomic E-state index is -1.32. The monoisotopic (exact) mass is 595 g/mol. The molecule has 1 N–H and O–H groups in total. The van der Waals surface area contributed by atoms with E-state index in [2.05, 4.69) is 96.4 Å². The molecular formula is C40H37NO4. The Bertz CT molecular complexity index is 1930. The lowest BCUT2D eigenvalue weighted by atomic mass is 9.77. The highest BCUT2D eigenvalue weighted by atomic mass is 16.5. The molecule has 0 saturated carbocycles. The predicted molar refractivity (Wildman–Crippen MR) is 181 cm³/mol. The standard InChI is InChI=1S/C40H37NO4/c1-26(2)40(42)35-12-8-7-11-32(35)36-31-18-17-30(43-3)25-34(31)38-33(37(36)40)19-20-39(45-38,27-9-5-4-6-10-27)28-13-15-29(16-14-28)41-21-23-44-24-22-41/h4-6,8-10,12-20,25,42H,1,7,11,21-24H2,2-3H3. The van der Waals surface area contributed by atoms with E-state index in [-0.39, 0.29) is 0 Å². The number of anilines is 1. The van der Waals surface area contributed by atoms with Gasteiger partial charge in [-0.15, -0.1) is 0 Å². The van der Waals surface area contributed by atoms with Crippen molar-refractivity contribution < 1.29 is 19.3 Å². The largest absolute Gasteiger partial charge is 0.497 e. The number of benzene rings is 4. The summed E-state index contributed by atoms with van der Waals surface area (Å²) in [6, 6.07) is 25.3. The van der Waals surface area contributed by atoms with Gasteiger partial charge >= 0.3 is 0 Å². The van der Waals surface area contributed by atoms with E-state index in [9.17, 15) is 5.11 Å². The fraction of sp³-hybridized carbons (Fsp3) is 0.250. The summed E-state index contributed by atoms with van der Waals surface area (Å²) in [4.78, 5) is 2.36. The lowest BCUT2D eigenvalue weighted by molar-refractivity contribution is 0.122. The Morgan fingerprint density at radius 1 is 0.933 bits per heavy atom. The number of rotatable bonds is 5. The number of morpholine rings is 1. The van der Waals surface area contributed by atoms with Crippen molar-refractivity contribution >= 4 is 28.1 Å². The van der Waals surface area contributed by atoms with Gasteiger partial charge in [-0.05, 0) is 83.8 Å². The molecule has 0 amide bonds. The quantitative estimate of drug-likeness (QED) is 0.238. The highest BCUT2D eigenvalue weighted by molar-refractivity contribution is 6.07. The molecule has 2 atom stereocenters. The molecule has 0 radical (unpaired) electrons. The number of hydrogen-bond donors (Lipinski definition) is 1. The van der Waals surface area contributed by atoms with Gasteiger partial charge < -0.3 is 24.2 Å². The highest BCUT2D eigenvalue weighted by Gasteiger charge is 2.49. The molecule has 2 heterocycles. The van der Waals surface area contributed by atoms with Crippen LogP contribution in [0.5, 0.6) is 11.5 Å². The molecule has 2 unspecified atom stereocenters. The van der Waals surface area contributed by atoms with Gasteiger partial charge in [0.05, 0.1) is 20.3 Å². The average molecular weight is 596 g/mol. The van der Waals surface area contributed by atoms with Crippen LogP contribution in [0.3, 0.4) is 0 Å². The molecule has 2 aliphatic carbocycles. The minimum absolute atomic E-state index is 0.697. The molecule has 1 saturated heterocycles. The predicted octanol–water partition coefficient (Wildman–Crippen LogP) is 7.92. The van der Waals surface area contributed by atoms with Crippen LogP contribution in [0, 0.1) is 0 Å². The van der Waals surface area contributed by atoms with Gasteiger partial charge in [-0.2, -0.15) is 0 Å². The minimum Gasteiger partial charge on any atom is -0.497 e. The first-order valence-corrected chi connectivity index (χ1v) is 15.8. The fourth-order valence-corrected chi connectivity index (χ4v) is 7.68. The van der Waals surface area contributed by atoms with Gasteiger partial charge in [-0.1, -0.05) is 67.3 Å². The number of allylic oxidation sites excluding steroid dienone is 2. The van der Waals surface area contributed by atoms with Crippen molar-refractivity contribution in [3.05, 3.63) is 137 Å². The van der Waals surface area contributed by atoms with E-state index in [1.165, 1.54) is 11.3 Å². The topological polar surface area (TPSA) is 51.2 Å². The zero-order valence-electron chi connectivity index (χ0n) is 25.8. The Labute approximate surface area is 264 Å². The Balaban J connectivity index is 1.38. The van der Waals surface area contributed by atoms with Crippen LogP contribution in [0.15, 0.2) is 109 Å². The zero-order valence-corrected chi connectivity index (χ0v) is 25.8. The molecule has 45 heavy (non-hydrogen) atoms. The van der Waals surface area contributed by atoms with Crippen LogP contribution >= 0.6 is 0 Å². The lowest BCUT2D eigenvalue weighted by Crippen LogP contribution is -2.37. The summed E-state index contributed by atoms with van der Waals surface area (Å²) >= 11 is 0. The van der Waals surface area contributed by atoms with Gasteiger partial charge in [0, 0.05) is 46.4 Å². The Hall–Kier alpha value is -4.58. The Morgan fingerprint density at radius 2 is 1.69 bits per heavy atom. The molecule has 2 aliphatic heterocycles. The summed E-state index contributed by atoms with van der Waals surface area (Å²) in [5.74, 6) is 1.49. The molecular weight excluding hydrogens is 558 g/mol. The normalized spacial score (nSPS) is 23.4. The van der Waals surface area contributed by atoms with Gasteiger partial charge in [0.1, 0.15) is 17.1 Å². The molecule has 5 nitrogen and oxygen atoms in total. The van der Waals surface area contributed by atoms with Crippen LogP contribution in [0.2, 0.25) is 0 Å². The number of fused-ring (bicyclic) bond motifs is 7. The van der Waals surface area contributed by atoms with Crippen LogP contribution in [-0.4, -0.2) is 38.5 Å². The highest BCUT2D eigenvalue weighted by Crippen LogP contribution is 2.59. The number of hydrogen-bond acceptors (Lipinski definition) is 5. The van der Waals surface area contributed by atoms with Gasteiger partial charge in [-0.25, -0.2) is 0 Å². The molecule has 226 valence electrons. The first-order chi connectivity index (χ1) is 22.0. The van der Waals surface area contributed by atoms with Crippen molar-refractivity contribution in [2.24, 2.45) is 0 Å². The third-order valence-electron chi connectivity index (χ3n) is 9.97. The smallest absolute Gasteiger partial charge is 0.178 e. The molecule has 0 bridgehead atoms. The van der Waals surface area contributed by atoms with E-state index in [0.29, 0.717) is 5.57 Å². The first-order valence-electron chi connectivity index (χ1n) is 15.8. The van der Waals surface area contributed by atoms with Crippen LogP contribution in [0.25, 0.3) is 22.4 Å². The summed E-state index contributed by atoms with van der Waals surface area (Å²) < 4.78 is 18.7. The van der Waals surface area contributed by atoms with E-state index in [0.717, 1.165) is 94.8 Å². The van der Waals surface area contributed by atoms with Gasteiger partial charge in [0.25, 0.3) is 0 Å². The molecule has 4 aliphatic rings. The van der Waals surface area contributed by atoms with E-state index >= 15 is 0 Å².